The Hall–Kier alpha value is -0.440. The van der Waals surface area contributed by atoms with Crippen LogP contribution in [0.2, 0.25) is 0 Å². The fourth-order valence-electron chi connectivity index (χ4n) is 1.04. The van der Waals surface area contributed by atoms with Crippen LogP contribution in [0.4, 0.5) is 0 Å². The molecule has 0 aromatic carbocycles. The third-order valence-corrected chi connectivity index (χ3v) is 4.23. The fraction of sp³-hybridized carbons (Fsp3) is 0.333. The molecule has 0 spiro atoms. The van der Waals surface area contributed by atoms with Crippen LogP contribution in [0.5, 0.6) is 0 Å². The Labute approximate surface area is 118 Å². The average Bonchev–Trinajstić information content (AvgIpc) is 2.57. The van der Waals surface area contributed by atoms with E-state index in [1.165, 1.54) is 11.3 Å². The highest BCUT2D eigenvalue weighted by Gasteiger charge is 2.16. The zero-order chi connectivity index (χ0) is 13.0. The molecule has 8 heteroatoms. The molecule has 0 bridgehead atoms. The number of thiophene rings is 1. The summed E-state index contributed by atoms with van der Waals surface area (Å²) in [5, 5.41) is 20.0. The number of amides is 1. The van der Waals surface area contributed by atoms with Crippen LogP contribution in [0.15, 0.2) is 13.6 Å². The van der Waals surface area contributed by atoms with Crippen LogP contribution in [0, 0.1) is 0 Å². The molecule has 0 radical (unpaired) electrons. The molecule has 1 rings (SSSR count). The van der Waals surface area contributed by atoms with E-state index < -0.39 is 12.1 Å². The first-order valence-corrected chi connectivity index (χ1v) is 6.96. The maximum atomic E-state index is 11.6. The van der Waals surface area contributed by atoms with Crippen LogP contribution in [0.25, 0.3) is 0 Å². The van der Waals surface area contributed by atoms with Crippen molar-refractivity contribution in [2.24, 2.45) is 0 Å². The van der Waals surface area contributed by atoms with Gasteiger partial charge in [0.25, 0.3) is 5.91 Å². The van der Waals surface area contributed by atoms with Gasteiger partial charge in [0.05, 0.1) is 13.1 Å². The first-order valence-electron chi connectivity index (χ1n) is 4.55. The molecule has 5 nitrogen and oxygen atoms in total. The third-order valence-electron chi connectivity index (χ3n) is 1.89. The average molecular weight is 387 g/mol. The van der Waals surface area contributed by atoms with Crippen molar-refractivity contribution in [2.45, 2.75) is 12.5 Å². The van der Waals surface area contributed by atoms with Crippen LogP contribution in [0.3, 0.4) is 0 Å². The number of carbonyl (C=O) groups excluding carboxylic acids is 1. The summed E-state index contributed by atoms with van der Waals surface area (Å²) in [7, 11) is 0. The van der Waals surface area contributed by atoms with Gasteiger partial charge in [-0.25, -0.2) is 4.79 Å². The highest BCUT2D eigenvalue weighted by Crippen LogP contribution is 2.31. The maximum absolute atomic E-state index is 11.6. The second kappa shape index (κ2) is 6.48. The largest absolute Gasteiger partial charge is 0.479 e. The van der Waals surface area contributed by atoms with Crippen molar-refractivity contribution in [1.29, 1.82) is 0 Å². The molecule has 1 aromatic rings. The van der Waals surface area contributed by atoms with Crippen molar-refractivity contribution in [3.63, 3.8) is 0 Å². The molecule has 1 aromatic heterocycles. The van der Waals surface area contributed by atoms with Crippen molar-refractivity contribution in [2.75, 3.05) is 6.54 Å². The van der Waals surface area contributed by atoms with E-state index in [2.05, 4.69) is 37.2 Å². The Bertz CT molecular complexity index is 435. The van der Waals surface area contributed by atoms with E-state index in [0.717, 1.165) is 3.79 Å². The van der Waals surface area contributed by atoms with Gasteiger partial charge in [-0.15, -0.1) is 11.3 Å². The standard InChI is InChI=1S/C9H9Br2NO4S/c10-6-3-4(7(11)17-6)8(14)12-2-1-5(13)9(15)16/h3,5,13H,1-2H2,(H,12,14)(H,15,16)/t5-/m0/s1. The lowest BCUT2D eigenvalue weighted by Crippen LogP contribution is -2.29. The first-order chi connectivity index (χ1) is 7.91. The normalized spacial score (nSPS) is 12.2. The van der Waals surface area contributed by atoms with E-state index in [1.54, 1.807) is 6.07 Å². The van der Waals surface area contributed by atoms with Gasteiger partial charge >= 0.3 is 5.97 Å². The topological polar surface area (TPSA) is 86.6 Å². The molecule has 0 aliphatic rings. The summed E-state index contributed by atoms with van der Waals surface area (Å²) in [5.74, 6) is -1.60. The number of carboxylic acids is 1. The Morgan fingerprint density at radius 3 is 2.59 bits per heavy atom. The van der Waals surface area contributed by atoms with Crippen LogP contribution in [-0.4, -0.2) is 34.7 Å². The number of halogens is 2. The van der Waals surface area contributed by atoms with Gasteiger partial charge < -0.3 is 15.5 Å². The predicted octanol–water partition coefficient (Wildman–Crippen LogP) is 1.84. The minimum absolute atomic E-state index is 0.0238. The maximum Gasteiger partial charge on any atom is 0.332 e. The third kappa shape index (κ3) is 4.38. The van der Waals surface area contributed by atoms with Gasteiger partial charge in [-0.05, 0) is 37.9 Å². The molecule has 0 aliphatic heterocycles. The van der Waals surface area contributed by atoms with Gasteiger partial charge in [0.2, 0.25) is 0 Å². The number of aliphatic hydroxyl groups is 1. The lowest BCUT2D eigenvalue weighted by Gasteiger charge is -2.06. The van der Waals surface area contributed by atoms with Crippen molar-refractivity contribution >= 4 is 55.1 Å². The molecule has 94 valence electrons. The number of carbonyl (C=O) groups is 2. The van der Waals surface area contributed by atoms with Crippen molar-refractivity contribution in [3.8, 4) is 0 Å². The molecule has 1 atom stereocenters. The zero-order valence-electron chi connectivity index (χ0n) is 8.44. The second-order valence-electron chi connectivity index (χ2n) is 3.14. The number of hydrogen-bond acceptors (Lipinski definition) is 4. The molecular formula is C9H9Br2NO4S. The van der Waals surface area contributed by atoms with E-state index in [-0.39, 0.29) is 18.9 Å². The predicted molar refractivity (Wildman–Crippen MR) is 70.3 cm³/mol. The van der Waals surface area contributed by atoms with Gasteiger partial charge in [0.1, 0.15) is 0 Å². The molecule has 0 fully saturated rings. The van der Waals surface area contributed by atoms with Crippen LogP contribution in [0.1, 0.15) is 16.8 Å². The summed E-state index contributed by atoms with van der Waals surface area (Å²) in [5.41, 5.74) is 0.478. The zero-order valence-corrected chi connectivity index (χ0v) is 12.4. The summed E-state index contributed by atoms with van der Waals surface area (Å²) >= 11 is 7.87. The van der Waals surface area contributed by atoms with Crippen LogP contribution < -0.4 is 5.32 Å². The summed E-state index contributed by atoms with van der Waals surface area (Å²) in [6, 6.07) is 1.66. The lowest BCUT2D eigenvalue weighted by atomic mass is 10.2. The minimum atomic E-state index is -1.45. The Balaban J connectivity index is 2.45. The van der Waals surface area contributed by atoms with E-state index in [0.29, 0.717) is 9.35 Å². The van der Waals surface area contributed by atoms with Crippen molar-refractivity contribution in [3.05, 3.63) is 19.2 Å². The van der Waals surface area contributed by atoms with E-state index in [4.69, 9.17) is 10.2 Å². The number of nitrogens with one attached hydrogen (secondary N) is 1. The van der Waals surface area contributed by atoms with Gasteiger partial charge in [-0.3, -0.25) is 4.79 Å². The van der Waals surface area contributed by atoms with Crippen molar-refractivity contribution < 1.29 is 19.8 Å². The van der Waals surface area contributed by atoms with E-state index in [9.17, 15) is 9.59 Å². The minimum Gasteiger partial charge on any atom is -0.479 e. The van der Waals surface area contributed by atoms with Gasteiger partial charge in [-0.1, -0.05) is 0 Å². The molecule has 0 aliphatic carbocycles. The quantitative estimate of drug-likeness (QED) is 0.720. The van der Waals surface area contributed by atoms with E-state index in [1.807, 2.05) is 0 Å². The SMILES string of the molecule is O=C(NCC[C@H](O)C(=O)O)c1cc(Br)sc1Br. The molecular weight excluding hydrogens is 378 g/mol. The summed E-state index contributed by atoms with van der Waals surface area (Å²) in [6.45, 7) is 0.103. The lowest BCUT2D eigenvalue weighted by molar-refractivity contribution is -0.146. The number of rotatable bonds is 5. The molecule has 17 heavy (non-hydrogen) atoms. The number of aliphatic hydroxyl groups excluding tert-OH is 1. The Morgan fingerprint density at radius 2 is 2.12 bits per heavy atom. The summed E-state index contributed by atoms with van der Waals surface area (Å²) in [4.78, 5) is 22.0. The molecule has 0 saturated carbocycles. The Morgan fingerprint density at radius 1 is 1.47 bits per heavy atom. The Kier molecular flexibility index (Phi) is 5.57. The van der Waals surface area contributed by atoms with Crippen molar-refractivity contribution in [1.82, 2.24) is 5.32 Å². The fourth-order valence-corrected chi connectivity index (χ4v) is 3.83. The number of hydrogen-bond donors (Lipinski definition) is 3. The number of aliphatic carboxylic acids is 1. The molecule has 1 amide bonds. The molecule has 3 N–H and O–H groups in total. The molecule has 0 unspecified atom stereocenters. The second-order valence-corrected chi connectivity index (χ2v) is 6.89. The summed E-state index contributed by atoms with van der Waals surface area (Å²) < 4.78 is 1.51. The van der Waals surface area contributed by atoms with Gasteiger partial charge in [-0.2, -0.15) is 0 Å². The molecule has 1 heterocycles. The highest BCUT2D eigenvalue weighted by atomic mass is 79.9. The smallest absolute Gasteiger partial charge is 0.332 e. The monoisotopic (exact) mass is 385 g/mol. The first kappa shape index (κ1) is 14.6. The number of carboxylic acid groups (broad SMARTS) is 1. The van der Waals surface area contributed by atoms with E-state index >= 15 is 0 Å². The van der Waals surface area contributed by atoms with Crippen LogP contribution >= 0.6 is 43.2 Å². The molecule has 0 saturated heterocycles. The summed E-state index contributed by atoms with van der Waals surface area (Å²) in [6.07, 6.45) is -1.47. The van der Waals surface area contributed by atoms with Crippen LogP contribution in [-0.2, 0) is 4.79 Å². The van der Waals surface area contributed by atoms with Gasteiger partial charge in [0, 0.05) is 13.0 Å². The highest BCUT2D eigenvalue weighted by molar-refractivity contribution is 9.12. The van der Waals surface area contributed by atoms with Gasteiger partial charge in [0.15, 0.2) is 6.10 Å².